The second-order valence-electron chi connectivity index (χ2n) is 4.86. The van der Waals surface area contributed by atoms with Gasteiger partial charge in [0.1, 0.15) is 0 Å². The molecule has 0 aliphatic carbocycles. The van der Waals surface area contributed by atoms with Gasteiger partial charge in [0, 0.05) is 51.7 Å². The second kappa shape index (κ2) is 14.8. The molecule has 6 nitrogen and oxygen atoms in total. The van der Waals surface area contributed by atoms with E-state index < -0.39 is 0 Å². The van der Waals surface area contributed by atoms with E-state index in [1.807, 2.05) is 44.3 Å². The lowest BCUT2D eigenvalue weighted by atomic mass is 10.2. The Bertz CT molecular complexity index is 589. The van der Waals surface area contributed by atoms with E-state index in [2.05, 4.69) is 20.6 Å². The van der Waals surface area contributed by atoms with Gasteiger partial charge in [-0.05, 0) is 35.7 Å². The number of carbonyl (C=O) groups is 2. The summed E-state index contributed by atoms with van der Waals surface area (Å²) in [7, 11) is 0. The van der Waals surface area contributed by atoms with E-state index in [-0.39, 0.29) is 11.8 Å². The number of hydrogen-bond acceptors (Lipinski definition) is 4. The zero-order valence-electron chi connectivity index (χ0n) is 15.5. The van der Waals surface area contributed by atoms with E-state index in [1.54, 1.807) is 18.6 Å². The number of amides is 2. The predicted octanol–water partition coefficient (Wildman–Crippen LogP) is 2.50. The third kappa shape index (κ3) is 13.4. The first kappa shape index (κ1) is 22.2. The predicted molar refractivity (Wildman–Crippen MR) is 99.7 cm³/mol. The molecule has 0 fully saturated rings. The van der Waals surface area contributed by atoms with Crippen LogP contribution in [0.3, 0.4) is 0 Å². The lowest BCUT2D eigenvalue weighted by Crippen LogP contribution is -2.22. The maximum absolute atomic E-state index is 10.5. The molecule has 0 saturated carbocycles. The third-order valence-corrected chi connectivity index (χ3v) is 2.80. The lowest BCUT2D eigenvalue weighted by molar-refractivity contribution is -0.119. The summed E-state index contributed by atoms with van der Waals surface area (Å²) in [5, 5.41) is 5.42. The highest BCUT2D eigenvalue weighted by Crippen LogP contribution is 1.95. The van der Waals surface area contributed by atoms with Crippen LogP contribution in [-0.4, -0.2) is 28.3 Å². The van der Waals surface area contributed by atoms with Gasteiger partial charge in [-0.3, -0.25) is 19.6 Å². The summed E-state index contributed by atoms with van der Waals surface area (Å²) in [6.07, 6.45) is 7.80. The van der Waals surface area contributed by atoms with Gasteiger partial charge in [0.25, 0.3) is 0 Å². The van der Waals surface area contributed by atoms with Crippen molar-refractivity contribution in [2.24, 2.45) is 0 Å². The molecular formula is C19H28N4O2. The van der Waals surface area contributed by atoms with Crippen molar-refractivity contribution in [1.82, 2.24) is 20.6 Å². The first-order valence-corrected chi connectivity index (χ1v) is 8.34. The standard InChI is InChI=1S/C9H12N2O.C8H10N2O.C2H6/c1-8(12)11-6-4-9-3-2-5-10-7-9;1-7(11)10-6-8-2-4-9-5-3-8;1-2/h2-3,5,7H,4,6H2,1H3,(H,11,12);2-5H,6H2,1H3,(H,10,11);1-2H3. The first-order chi connectivity index (χ1) is 12.1. The number of nitrogens with one attached hydrogen (secondary N) is 2. The molecule has 2 rings (SSSR count). The molecule has 0 bridgehead atoms. The van der Waals surface area contributed by atoms with Crippen LogP contribution in [0.25, 0.3) is 0 Å². The monoisotopic (exact) mass is 344 g/mol. The van der Waals surface area contributed by atoms with E-state index in [0.29, 0.717) is 13.1 Å². The van der Waals surface area contributed by atoms with E-state index in [1.165, 1.54) is 13.8 Å². The molecule has 0 aliphatic heterocycles. The maximum atomic E-state index is 10.5. The topological polar surface area (TPSA) is 84.0 Å². The van der Waals surface area contributed by atoms with Gasteiger partial charge >= 0.3 is 0 Å². The molecule has 0 spiro atoms. The van der Waals surface area contributed by atoms with Crippen molar-refractivity contribution in [2.45, 2.75) is 40.7 Å². The molecule has 2 N–H and O–H groups in total. The quantitative estimate of drug-likeness (QED) is 0.873. The molecule has 2 aromatic heterocycles. The van der Waals surface area contributed by atoms with E-state index in [0.717, 1.165) is 17.5 Å². The first-order valence-electron chi connectivity index (χ1n) is 8.34. The van der Waals surface area contributed by atoms with E-state index in [9.17, 15) is 9.59 Å². The van der Waals surface area contributed by atoms with Crippen molar-refractivity contribution in [3.8, 4) is 0 Å². The van der Waals surface area contributed by atoms with Crippen LogP contribution < -0.4 is 10.6 Å². The summed E-state index contributed by atoms with van der Waals surface area (Å²) in [6, 6.07) is 7.63. The number of carbonyl (C=O) groups excluding carboxylic acids is 2. The van der Waals surface area contributed by atoms with Crippen LogP contribution in [0.5, 0.6) is 0 Å². The van der Waals surface area contributed by atoms with Gasteiger partial charge in [0.05, 0.1) is 0 Å². The Hall–Kier alpha value is -2.76. The fraction of sp³-hybridized carbons (Fsp3) is 0.368. The minimum Gasteiger partial charge on any atom is -0.356 e. The summed E-state index contributed by atoms with van der Waals surface area (Å²) >= 11 is 0. The highest BCUT2D eigenvalue weighted by Gasteiger charge is 1.93. The van der Waals surface area contributed by atoms with Crippen molar-refractivity contribution in [3.63, 3.8) is 0 Å². The van der Waals surface area contributed by atoms with Gasteiger partial charge in [-0.25, -0.2) is 0 Å². The minimum atomic E-state index is -0.0122. The van der Waals surface area contributed by atoms with Crippen LogP contribution in [0, 0.1) is 0 Å². The Morgan fingerprint density at radius 3 is 2.04 bits per heavy atom. The van der Waals surface area contributed by atoms with Gasteiger partial charge in [-0.15, -0.1) is 0 Å². The second-order valence-corrected chi connectivity index (χ2v) is 4.86. The highest BCUT2D eigenvalue weighted by atomic mass is 16.1. The smallest absolute Gasteiger partial charge is 0.217 e. The molecule has 0 aromatic carbocycles. The maximum Gasteiger partial charge on any atom is 0.217 e. The summed E-state index contributed by atoms with van der Waals surface area (Å²) in [4.78, 5) is 28.8. The molecule has 2 amide bonds. The Balaban J connectivity index is 0.000000421. The van der Waals surface area contributed by atoms with Gasteiger partial charge in [0.15, 0.2) is 0 Å². The molecule has 6 heteroatoms. The summed E-state index contributed by atoms with van der Waals surface area (Å²) < 4.78 is 0. The van der Waals surface area contributed by atoms with Crippen molar-refractivity contribution in [3.05, 3.63) is 60.2 Å². The normalized spacial score (nSPS) is 8.80. The van der Waals surface area contributed by atoms with E-state index >= 15 is 0 Å². The van der Waals surface area contributed by atoms with Gasteiger partial charge in [-0.1, -0.05) is 19.9 Å². The zero-order valence-corrected chi connectivity index (χ0v) is 15.5. The number of pyridine rings is 2. The highest BCUT2D eigenvalue weighted by molar-refractivity contribution is 5.73. The molecule has 136 valence electrons. The van der Waals surface area contributed by atoms with Crippen molar-refractivity contribution >= 4 is 11.8 Å². The van der Waals surface area contributed by atoms with Gasteiger partial charge < -0.3 is 10.6 Å². The Morgan fingerprint density at radius 2 is 1.52 bits per heavy atom. The number of nitrogens with zero attached hydrogens (tertiary/aromatic N) is 2. The molecule has 0 atom stereocenters. The minimum absolute atomic E-state index is 0.0122. The number of aromatic nitrogens is 2. The van der Waals surface area contributed by atoms with Crippen molar-refractivity contribution < 1.29 is 9.59 Å². The van der Waals surface area contributed by atoms with E-state index in [4.69, 9.17) is 0 Å². The summed E-state index contributed by atoms with van der Waals surface area (Å²) in [6.45, 7) is 8.28. The molecule has 0 aliphatic rings. The fourth-order valence-corrected chi connectivity index (χ4v) is 1.66. The fourth-order valence-electron chi connectivity index (χ4n) is 1.66. The largest absolute Gasteiger partial charge is 0.356 e. The van der Waals surface area contributed by atoms with Crippen molar-refractivity contribution in [2.75, 3.05) is 6.54 Å². The number of rotatable bonds is 5. The summed E-state index contributed by atoms with van der Waals surface area (Å²) in [5.74, 6) is 0.000651. The molecule has 2 heterocycles. The van der Waals surface area contributed by atoms with Crippen LogP contribution in [0.4, 0.5) is 0 Å². The molecule has 0 saturated heterocycles. The average molecular weight is 344 g/mol. The summed E-state index contributed by atoms with van der Waals surface area (Å²) in [5.41, 5.74) is 2.21. The van der Waals surface area contributed by atoms with Crippen LogP contribution in [0.15, 0.2) is 49.1 Å². The number of hydrogen-bond donors (Lipinski definition) is 2. The van der Waals surface area contributed by atoms with Gasteiger partial charge in [-0.2, -0.15) is 0 Å². The molecule has 0 radical (unpaired) electrons. The van der Waals surface area contributed by atoms with Gasteiger partial charge in [0.2, 0.25) is 11.8 Å². The SMILES string of the molecule is CC.CC(=O)NCCc1cccnc1.CC(=O)NCc1ccncc1. The Morgan fingerprint density at radius 1 is 0.880 bits per heavy atom. The Kier molecular flexibility index (Phi) is 13.2. The van der Waals surface area contributed by atoms with Crippen LogP contribution in [0.2, 0.25) is 0 Å². The molecule has 2 aromatic rings. The molecular weight excluding hydrogens is 316 g/mol. The van der Waals surface area contributed by atoms with Crippen LogP contribution in [0.1, 0.15) is 38.8 Å². The average Bonchev–Trinajstić information content (AvgIpc) is 2.64. The zero-order chi connectivity index (χ0) is 18.9. The van der Waals surface area contributed by atoms with Crippen LogP contribution >= 0.6 is 0 Å². The Labute approximate surface area is 150 Å². The molecule has 0 unspecified atom stereocenters. The lowest BCUT2D eigenvalue weighted by Gasteiger charge is -2.00. The van der Waals surface area contributed by atoms with Crippen LogP contribution in [-0.2, 0) is 22.6 Å². The third-order valence-electron chi connectivity index (χ3n) is 2.80. The molecule has 25 heavy (non-hydrogen) atoms. The van der Waals surface area contributed by atoms with Crippen molar-refractivity contribution in [1.29, 1.82) is 0 Å².